The van der Waals surface area contributed by atoms with Gasteiger partial charge in [0, 0.05) is 19.3 Å². The van der Waals surface area contributed by atoms with E-state index in [1.807, 2.05) is 0 Å². The van der Waals surface area contributed by atoms with Gasteiger partial charge in [0.1, 0.15) is 5.78 Å². The quantitative estimate of drug-likeness (QED) is 0.190. The van der Waals surface area contributed by atoms with Gasteiger partial charge in [0.2, 0.25) is 0 Å². The smallest absolute Gasteiger partial charge is 0.305 e. The average Bonchev–Trinajstić information content (AvgIpc) is 2.61. The van der Waals surface area contributed by atoms with Crippen molar-refractivity contribution >= 4 is 11.8 Å². The molecule has 0 radical (unpaired) electrons. The Morgan fingerprint density at radius 1 is 0.560 bits per heavy atom. The van der Waals surface area contributed by atoms with Crippen LogP contribution in [0.2, 0.25) is 0 Å². The lowest BCUT2D eigenvalue weighted by Crippen LogP contribution is -1.99. The van der Waals surface area contributed by atoms with E-state index >= 15 is 0 Å². The molecule has 0 unspecified atom stereocenters. The fourth-order valence-corrected chi connectivity index (χ4v) is 3.22. The maximum absolute atomic E-state index is 11.4. The third-order valence-electron chi connectivity index (χ3n) is 4.84. The number of hydrogen-bond acceptors (Lipinski definition) is 3. The number of Topliss-reactive ketones (excluding diaryl/α,β-unsaturated/α-hetero) is 1. The minimum atomic E-state index is -0.0787. The van der Waals surface area contributed by atoms with Crippen molar-refractivity contribution in [1.82, 2.24) is 0 Å². The van der Waals surface area contributed by atoms with Crippen molar-refractivity contribution in [1.29, 1.82) is 0 Å². The number of methoxy groups -OCH3 is 1. The number of carbonyl (C=O) groups is 2. The first-order chi connectivity index (χ1) is 12.2. The first-order valence-corrected chi connectivity index (χ1v) is 10.8. The summed E-state index contributed by atoms with van der Waals surface area (Å²) in [5.41, 5.74) is 0. The Morgan fingerprint density at radius 2 is 0.920 bits per heavy atom. The fraction of sp³-hybridized carbons (Fsp3) is 0.909. The Hall–Kier alpha value is -0.860. The monoisotopic (exact) mass is 354 g/mol. The molecule has 0 atom stereocenters. The van der Waals surface area contributed by atoms with Crippen LogP contribution < -0.4 is 0 Å². The molecule has 148 valence electrons. The molecule has 0 heterocycles. The standard InChI is InChI=1S/C22H42O3/c1-3-18-21(23)19-16-14-12-10-8-6-4-5-7-9-11-13-15-17-20-22(24)25-2/h3-20H2,1-2H3. The summed E-state index contributed by atoms with van der Waals surface area (Å²) in [6.07, 6.45) is 20.9. The van der Waals surface area contributed by atoms with Crippen LogP contribution in [0.1, 0.15) is 122 Å². The average molecular weight is 355 g/mol. The number of rotatable bonds is 19. The molecule has 25 heavy (non-hydrogen) atoms. The van der Waals surface area contributed by atoms with Crippen LogP contribution in [0, 0.1) is 0 Å². The molecule has 0 N–H and O–H groups in total. The maximum atomic E-state index is 11.4. The number of ether oxygens (including phenoxy) is 1. The Morgan fingerprint density at radius 3 is 1.28 bits per heavy atom. The molecule has 0 spiro atoms. The molecule has 0 amide bonds. The molecule has 0 aromatic rings. The predicted molar refractivity (Wildman–Crippen MR) is 106 cm³/mol. The van der Waals surface area contributed by atoms with Gasteiger partial charge in [-0.25, -0.2) is 0 Å². The molecule has 0 aromatic heterocycles. The van der Waals surface area contributed by atoms with E-state index in [-0.39, 0.29) is 5.97 Å². The highest BCUT2D eigenvalue weighted by molar-refractivity contribution is 5.78. The summed E-state index contributed by atoms with van der Waals surface area (Å²) >= 11 is 0. The highest BCUT2D eigenvalue weighted by atomic mass is 16.5. The van der Waals surface area contributed by atoms with E-state index in [1.165, 1.54) is 77.7 Å². The van der Waals surface area contributed by atoms with Crippen molar-refractivity contribution in [2.24, 2.45) is 0 Å². The SMILES string of the molecule is CCCC(=O)CCCCCCCCCCCCCCCCC(=O)OC. The molecular formula is C22H42O3. The van der Waals surface area contributed by atoms with Gasteiger partial charge in [-0.1, -0.05) is 84.0 Å². The van der Waals surface area contributed by atoms with Gasteiger partial charge in [0.15, 0.2) is 0 Å². The summed E-state index contributed by atoms with van der Waals surface area (Å²) in [5.74, 6) is 0.371. The molecule has 0 fully saturated rings. The van der Waals surface area contributed by atoms with E-state index in [4.69, 9.17) is 0 Å². The topological polar surface area (TPSA) is 43.4 Å². The third kappa shape index (κ3) is 19.3. The molecule has 0 aromatic carbocycles. The van der Waals surface area contributed by atoms with Crippen LogP contribution in [-0.4, -0.2) is 18.9 Å². The number of hydrogen-bond donors (Lipinski definition) is 0. The largest absolute Gasteiger partial charge is 0.469 e. The zero-order valence-electron chi connectivity index (χ0n) is 17.0. The first kappa shape index (κ1) is 24.1. The third-order valence-corrected chi connectivity index (χ3v) is 4.84. The lowest BCUT2D eigenvalue weighted by Gasteiger charge is -2.03. The van der Waals surface area contributed by atoms with Gasteiger partial charge in [-0.3, -0.25) is 9.59 Å². The van der Waals surface area contributed by atoms with Gasteiger partial charge in [-0.2, -0.15) is 0 Å². The predicted octanol–water partition coefficient (Wildman–Crippen LogP) is 6.77. The van der Waals surface area contributed by atoms with Gasteiger partial charge in [-0.15, -0.1) is 0 Å². The molecule has 3 nitrogen and oxygen atoms in total. The highest BCUT2D eigenvalue weighted by Crippen LogP contribution is 2.14. The Balaban J connectivity index is 3.07. The lowest BCUT2D eigenvalue weighted by atomic mass is 10.0. The number of esters is 1. The summed E-state index contributed by atoms with van der Waals surface area (Å²) < 4.78 is 4.64. The van der Waals surface area contributed by atoms with Gasteiger partial charge in [0.25, 0.3) is 0 Å². The molecule has 0 bridgehead atoms. The van der Waals surface area contributed by atoms with E-state index in [0.717, 1.165) is 38.5 Å². The highest BCUT2D eigenvalue weighted by Gasteiger charge is 2.00. The van der Waals surface area contributed by atoms with Crippen LogP contribution in [0.25, 0.3) is 0 Å². The van der Waals surface area contributed by atoms with Crippen molar-refractivity contribution < 1.29 is 14.3 Å². The zero-order chi connectivity index (χ0) is 18.6. The molecular weight excluding hydrogens is 312 g/mol. The lowest BCUT2D eigenvalue weighted by molar-refractivity contribution is -0.140. The minimum Gasteiger partial charge on any atom is -0.469 e. The van der Waals surface area contributed by atoms with Gasteiger partial charge in [-0.05, 0) is 19.3 Å². The van der Waals surface area contributed by atoms with Crippen LogP contribution in [0.5, 0.6) is 0 Å². The molecule has 0 saturated carbocycles. The number of unbranched alkanes of at least 4 members (excludes halogenated alkanes) is 13. The molecule has 3 heteroatoms. The van der Waals surface area contributed by atoms with E-state index < -0.39 is 0 Å². The minimum absolute atomic E-state index is 0.0787. The number of carbonyl (C=O) groups excluding carboxylic acids is 2. The van der Waals surface area contributed by atoms with Crippen LogP contribution in [0.4, 0.5) is 0 Å². The summed E-state index contributed by atoms with van der Waals surface area (Å²) in [6, 6.07) is 0. The summed E-state index contributed by atoms with van der Waals surface area (Å²) in [6.45, 7) is 2.07. The van der Waals surface area contributed by atoms with Crippen LogP contribution in [0.3, 0.4) is 0 Å². The van der Waals surface area contributed by atoms with Crippen LogP contribution >= 0.6 is 0 Å². The van der Waals surface area contributed by atoms with Crippen LogP contribution in [0.15, 0.2) is 0 Å². The second-order valence-corrected chi connectivity index (χ2v) is 7.31. The van der Waals surface area contributed by atoms with Crippen molar-refractivity contribution in [2.75, 3.05) is 7.11 Å². The maximum Gasteiger partial charge on any atom is 0.305 e. The molecule has 0 aliphatic carbocycles. The van der Waals surface area contributed by atoms with Crippen molar-refractivity contribution in [3.8, 4) is 0 Å². The fourth-order valence-electron chi connectivity index (χ4n) is 3.22. The van der Waals surface area contributed by atoms with E-state index in [2.05, 4.69) is 11.7 Å². The second-order valence-electron chi connectivity index (χ2n) is 7.31. The normalized spacial score (nSPS) is 10.8. The summed E-state index contributed by atoms with van der Waals surface area (Å²) in [4.78, 5) is 22.4. The Kier molecular flexibility index (Phi) is 18.8. The van der Waals surface area contributed by atoms with Gasteiger partial charge >= 0.3 is 5.97 Å². The van der Waals surface area contributed by atoms with Crippen molar-refractivity contribution in [3.63, 3.8) is 0 Å². The van der Waals surface area contributed by atoms with Crippen LogP contribution in [-0.2, 0) is 14.3 Å². The van der Waals surface area contributed by atoms with Gasteiger partial charge in [0.05, 0.1) is 7.11 Å². The molecule has 0 saturated heterocycles. The second kappa shape index (κ2) is 19.5. The zero-order valence-corrected chi connectivity index (χ0v) is 17.0. The van der Waals surface area contributed by atoms with Crippen molar-refractivity contribution in [2.45, 2.75) is 122 Å². The molecule has 0 rings (SSSR count). The Bertz CT molecular complexity index is 312. The molecule has 0 aliphatic heterocycles. The summed E-state index contributed by atoms with van der Waals surface area (Å²) in [7, 11) is 1.46. The number of ketones is 1. The van der Waals surface area contributed by atoms with Crippen molar-refractivity contribution in [3.05, 3.63) is 0 Å². The first-order valence-electron chi connectivity index (χ1n) is 10.8. The summed E-state index contributed by atoms with van der Waals surface area (Å²) in [5, 5.41) is 0. The van der Waals surface area contributed by atoms with E-state index in [0.29, 0.717) is 12.2 Å². The van der Waals surface area contributed by atoms with E-state index in [1.54, 1.807) is 0 Å². The van der Waals surface area contributed by atoms with Gasteiger partial charge < -0.3 is 4.74 Å². The molecule has 0 aliphatic rings. The Labute approximate surface area is 156 Å². The van der Waals surface area contributed by atoms with E-state index in [9.17, 15) is 9.59 Å².